The molecule has 0 saturated carbocycles. The van der Waals surface area contributed by atoms with E-state index < -0.39 is 0 Å². The Labute approximate surface area is 138 Å². The maximum Gasteiger partial charge on any atom is 0.110 e. The van der Waals surface area contributed by atoms with Crippen molar-refractivity contribution >= 4 is 11.3 Å². The standard InChI is InChI=1S/C17H28N4S/c1-11(2)21-9-14(8-18-21)12(3)19-13(4)16-20-15(10-22-16)17(5,6)7/h8-13,19H,1-7H3/t12-,13+/m1/s1. The fourth-order valence-corrected chi connectivity index (χ4v) is 3.29. The molecule has 0 bridgehead atoms. The summed E-state index contributed by atoms with van der Waals surface area (Å²) in [4.78, 5) is 4.80. The monoisotopic (exact) mass is 320 g/mol. The molecule has 0 aliphatic heterocycles. The molecule has 2 heterocycles. The molecule has 22 heavy (non-hydrogen) atoms. The highest BCUT2D eigenvalue weighted by molar-refractivity contribution is 7.09. The van der Waals surface area contributed by atoms with Gasteiger partial charge >= 0.3 is 0 Å². The van der Waals surface area contributed by atoms with Crippen molar-refractivity contribution in [2.75, 3.05) is 0 Å². The minimum absolute atomic E-state index is 0.110. The fourth-order valence-electron chi connectivity index (χ4n) is 2.23. The normalized spacial score (nSPS) is 15.3. The highest BCUT2D eigenvalue weighted by atomic mass is 32.1. The largest absolute Gasteiger partial charge is 0.301 e. The van der Waals surface area contributed by atoms with E-state index in [0.717, 1.165) is 5.01 Å². The van der Waals surface area contributed by atoms with Gasteiger partial charge in [0, 0.05) is 34.6 Å². The topological polar surface area (TPSA) is 42.7 Å². The lowest BCUT2D eigenvalue weighted by Crippen LogP contribution is -2.22. The van der Waals surface area contributed by atoms with Crippen molar-refractivity contribution < 1.29 is 0 Å². The summed E-state index contributed by atoms with van der Waals surface area (Å²) >= 11 is 1.74. The maximum atomic E-state index is 4.80. The predicted molar refractivity (Wildman–Crippen MR) is 93.4 cm³/mol. The van der Waals surface area contributed by atoms with Crippen LogP contribution in [0, 0.1) is 0 Å². The summed E-state index contributed by atoms with van der Waals surface area (Å²) in [5.74, 6) is 0. The fraction of sp³-hybridized carbons (Fsp3) is 0.647. The molecule has 0 aromatic carbocycles. The van der Waals surface area contributed by atoms with Gasteiger partial charge in [-0.15, -0.1) is 11.3 Å². The van der Waals surface area contributed by atoms with E-state index in [0.29, 0.717) is 6.04 Å². The molecule has 0 aliphatic carbocycles. The minimum atomic E-state index is 0.110. The summed E-state index contributed by atoms with van der Waals surface area (Å²) in [5.41, 5.74) is 2.49. The summed E-state index contributed by atoms with van der Waals surface area (Å²) in [5, 5.41) is 11.4. The third kappa shape index (κ3) is 3.96. The van der Waals surface area contributed by atoms with Crippen molar-refractivity contribution in [1.29, 1.82) is 0 Å². The lowest BCUT2D eigenvalue weighted by molar-refractivity contribution is 0.486. The first-order chi connectivity index (χ1) is 10.2. The Bertz CT molecular complexity index is 606. The molecular formula is C17H28N4S. The van der Waals surface area contributed by atoms with E-state index in [1.165, 1.54) is 11.3 Å². The Kier molecular flexibility index (Phi) is 5.07. The summed E-state index contributed by atoms with van der Waals surface area (Å²) in [6, 6.07) is 0.884. The number of thiazole rings is 1. The summed E-state index contributed by atoms with van der Waals surface area (Å²) in [7, 11) is 0. The van der Waals surface area contributed by atoms with Crippen molar-refractivity contribution in [3.05, 3.63) is 34.0 Å². The Morgan fingerprint density at radius 2 is 1.82 bits per heavy atom. The average Bonchev–Trinajstić information content (AvgIpc) is 3.07. The van der Waals surface area contributed by atoms with E-state index in [-0.39, 0.29) is 17.5 Å². The quantitative estimate of drug-likeness (QED) is 0.873. The Balaban J connectivity index is 2.04. The van der Waals surface area contributed by atoms with Crippen LogP contribution in [0.25, 0.3) is 0 Å². The van der Waals surface area contributed by atoms with E-state index in [1.54, 1.807) is 11.3 Å². The molecule has 0 amide bonds. The van der Waals surface area contributed by atoms with Crippen LogP contribution in [0.5, 0.6) is 0 Å². The lowest BCUT2D eigenvalue weighted by atomic mass is 9.93. The molecule has 0 unspecified atom stereocenters. The van der Waals surface area contributed by atoms with Crippen LogP contribution in [0.2, 0.25) is 0 Å². The first-order valence-corrected chi connectivity index (χ1v) is 8.82. The van der Waals surface area contributed by atoms with Crippen molar-refractivity contribution in [1.82, 2.24) is 20.1 Å². The maximum absolute atomic E-state index is 4.80. The Morgan fingerprint density at radius 3 is 2.32 bits per heavy atom. The van der Waals surface area contributed by atoms with Crippen LogP contribution in [0.3, 0.4) is 0 Å². The molecule has 2 atom stereocenters. The first kappa shape index (κ1) is 17.2. The van der Waals surface area contributed by atoms with Crippen molar-refractivity contribution in [3.63, 3.8) is 0 Å². The molecular weight excluding hydrogens is 292 g/mol. The third-order valence-electron chi connectivity index (χ3n) is 3.81. The SMILES string of the molecule is CC(C)n1cc([C@@H](C)N[C@@H](C)c2nc(C(C)(C)C)cs2)cn1. The van der Waals surface area contributed by atoms with E-state index in [1.807, 2.05) is 10.9 Å². The highest BCUT2D eigenvalue weighted by Gasteiger charge is 2.20. The lowest BCUT2D eigenvalue weighted by Gasteiger charge is -2.18. The average molecular weight is 321 g/mol. The second kappa shape index (κ2) is 6.50. The number of hydrogen-bond donors (Lipinski definition) is 1. The van der Waals surface area contributed by atoms with Crippen LogP contribution in [-0.2, 0) is 5.41 Å². The van der Waals surface area contributed by atoms with Crippen LogP contribution in [0.4, 0.5) is 0 Å². The minimum Gasteiger partial charge on any atom is -0.301 e. The molecule has 122 valence electrons. The number of aromatic nitrogens is 3. The molecule has 2 aromatic rings. The van der Waals surface area contributed by atoms with Gasteiger partial charge in [-0.2, -0.15) is 5.10 Å². The van der Waals surface area contributed by atoms with E-state index in [9.17, 15) is 0 Å². The summed E-state index contributed by atoms with van der Waals surface area (Å²) in [6.45, 7) is 15.2. The molecule has 2 rings (SSSR count). The van der Waals surface area contributed by atoms with Crippen molar-refractivity contribution in [3.8, 4) is 0 Å². The van der Waals surface area contributed by atoms with E-state index in [4.69, 9.17) is 4.98 Å². The summed E-state index contributed by atoms with van der Waals surface area (Å²) < 4.78 is 2.00. The van der Waals surface area contributed by atoms with Crippen molar-refractivity contribution in [2.24, 2.45) is 0 Å². The number of nitrogens with zero attached hydrogens (tertiary/aromatic N) is 3. The van der Waals surface area contributed by atoms with Gasteiger partial charge in [-0.05, 0) is 27.7 Å². The molecule has 0 aliphatic rings. The zero-order valence-electron chi connectivity index (χ0n) is 14.7. The van der Waals surface area contributed by atoms with Gasteiger partial charge in [0.05, 0.1) is 17.9 Å². The summed E-state index contributed by atoms with van der Waals surface area (Å²) in [6.07, 6.45) is 4.07. The van der Waals surface area contributed by atoms with Crippen LogP contribution in [-0.4, -0.2) is 14.8 Å². The van der Waals surface area contributed by atoms with Gasteiger partial charge < -0.3 is 5.32 Å². The number of hydrogen-bond acceptors (Lipinski definition) is 4. The van der Waals surface area contributed by atoms with Crippen LogP contribution >= 0.6 is 11.3 Å². The van der Waals surface area contributed by atoms with Crippen LogP contribution in [0.1, 0.15) is 82.9 Å². The third-order valence-corrected chi connectivity index (χ3v) is 4.84. The van der Waals surface area contributed by atoms with Gasteiger partial charge in [-0.1, -0.05) is 20.8 Å². The van der Waals surface area contributed by atoms with E-state index in [2.05, 4.69) is 70.5 Å². The van der Waals surface area contributed by atoms with E-state index >= 15 is 0 Å². The second-order valence-corrected chi connectivity index (χ2v) is 8.17. The molecule has 5 heteroatoms. The van der Waals surface area contributed by atoms with Gasteiger partial charge in [0.2, 0.25) is 0 Å². The van der Waals surface area contributed by atoms with Gasteiger partial charge in [-0.25, -0.2) is 4.98 Å². The number of nitrogens with one attached hydrogen (secondary N) is 1. The zero-order valence-corrected chi connectivity index (χ0v) is 15.5. The smallest absolute Gasteiger partial charge is 0.110 e. The number of rotatable bonds is 5. The molecule has 0 spiro atoms. The van der Waals surface area contributed by atoms with Crippen LogP contribution < -0.4 is 5.32 Å². The molecule has 1 N–H and O–H groups in total. The molecule has 0 fully saturated rings. The Morgan fingerprint density at radius 1 is 1.14 bits per heavy atom. The van der Waals surface area contributed by atoms with Crippen LogP contribution in [0.15, 0.2) is 17.8 Å². The van der Waals surface area contributed by atoms with Gasteiger partial charge in [-0.3, -0.25) is 4.68 Å². The molecule has 2 aromatic heterocycles. The van der Waals surface area contributed by atoms with Crippen molar-refractivity contribution in [2.45, 2.75) is 72.0 Å². The molecule has 4 nitrogen and oxygen atoms in total. The van der Waals surface area contributed by atoms with Gasteiger partial charge in [0.15, 0.2) is 0 Å². The highest BCUT2D eigenvalue weighted by Crippen LogP contribution is 2.28. The molecule has 0 radical (unpaired) electrons. The predicted octanol–water partition coefficient (Wildman–Crippen LogP) is 4.63. The van der Waals surface area contributed by atoms with Gasteiger partial charge in [0.25, 0.3) is 0 Å². The zero-order chi connectivity index (χ0) is 16.5. The second-order valence-electron chi connectivity index (χ2n) is 7.28. The van der Waals surface area contributed by atoms with Gasteiger partial charge in [0.1, 0.15) is 5.01 Å². The Hall–Kier alpha value is -1.20. The first-order valence-electron chi connectivity index (χ1n) is 7.94. The molecule has 0 saturated heterocycles.